The van der Waals surface area contributed by atoms with Crippen LogP contribution in [0.3, 0.4) is 0 Å². The molecule has 0 aliphatic carbocycles. The lowest BCUT2D eigenvalue weighted by atomic mass is 9.71. The highest BCUT2D eigenvalue weighted by atomic mass is 16.5. The Morgan fingerprint density at radius 2 is 1.56 bits per heavy atom. The maximum Gasteiger partial charge on any atom is 0.257 e. The molecule has 2 fully saturated rings. The van der Waals surface area contributed by atoms with Gasteiger partial charge in [-0.05, 0) is 68.5 Å². The van der Waals surface area contributed by atoms with Gasteiger partial charge in [-0.1, -0.05) is 30.3 Å². The molecule has 0 unspecified atom stereocenters. The number of ether oxygens (including phenoxy) is 2. The van der Waals surface area contributed by atoms with E-state index in [0.717, 1.165) is 75.5 Å². The van der Waals surface area contributed by atoms with E-state index in [1.165, 1.54) is 6.20 Å². The lowest BCUT2D eigenvalue weighted by Gasteiger charge is -2.47. The minimum Gasteiger partial charge on any atom is -0.505 e. The molecule has 7 heteroatoms. The van der Waals surface area contributed by atoms with Crippen molar-refractivity contribution in [1.82, 2.24) is 14.8 Å². The second kappa shape index (κ2) is 10.6. The van der Waals surface area contributed by atoms with Gasteiger partial charge in [0.25, 0.3) is 5.91 Å². The van der Waals surface area contributed by atoms with Gasteiger partial charge in [0.05, 0.1) is 18.9 Å². The van der Waals surface area contributed by atoms with Gasteiger partial charge in [0, 0.05) is 31.4 Å². The molecule has 0 radical (unpaired) electrons. The Morgan fingerprint density at radius 3 is 2.25 bits per heavy atom. The molecular formula is C29H33N3O4. The summed E-state index contributed by atoms with van der Waals surface area (Å²) in [5.74, 6) is 2.14. The standard InChI is InChI=1S/C29H33N3O4/c1-35-26-8-4-5-9-27(26)36-25-7-3-2-6-22(25)21-31-16-11-29(12-17-31)13-18-32(19-14-29)28(34)23-10-15-30-20-24(23)33/h2-10,15,20,33H,11-14,16-19,21H2,1H3. The van der Waals surface area contributed by atoms with E-state index in [2.05, 4.69) is 22.0 Å². The Hall–Kier alpha value is -3.58. The Labute approximate surface area is 212 Å². The molecule has 0 bridgehead atoms. The Morgan fingerprint density at radius 1 is 0.917 bits per heavy atom. The zero-order valence-electron chi connectivity index (χ0n) is 20.7. The van der Waals surface area contributed by atoms with Crippen molar-refractivity contribution in [3.63, 3.8) is 0 Å². The molecule has 2 aromatic carbocycles. The molecule has 0 atom stereocenters. The van der Waals surface area contributed by atoms with E-state index in [-0.39, 0.29) is 11.7 Å². The quantitative estimate of drug-likeness (QED) is 0.521. The molecule has 1 spiro atoms. The number of aromatic nitrogens is 1. The van der Waals surface area contributed by atoms with Crippen molar-refractivity contribution in [2.75, 3.05) is 33.3 Å². The zero-order valence-corrected chi connectivity index (χ0v) is 20.7. The number of carbonyl (C=O) groups excluding carboxylic acids is 1. The lowest BCUT2D eigenvalue weighted by molar-refractivity contribution is 0.0283. The number of rotatable bonds is 6. The molecular weight excluding hydrogens is 454 g/mol. The number of likely N-dealkylation sites (tertiary alicyclic amines) is 2. The van der Waals surface area contributed by atoms with Crippen LogP contribution in [0.15, 0.2) is 67.0 Å². The van der Waals surface area contributed by atoms with Crippen LogP contribution in [0.5, 0.6) is 23.0 Å². The van der Waals surface area contributed by atoms with Crippen molar-refractivity contribution in [2.24, 2.45) is 5.41 Å². The average Bonchev–Trinajstić information content (AvgIpc) is 2.92. The number of aromatic hydroxyl groups is 1. The van der Waals surface area contributed by atoms with Crippen molar-refractivity contribution < 1.29 is 19.4 Å². The Balaban J connectivity index is 1.17. The number of hydrogen-bond donors (Lipinski definition) is 1. The van der Waals surface area contributed by atoms with Crippen LogP contribution >= 0.6 is 0 Å². The number of pyridine rings is 1. The third kappa shape index (κ3) is 5.16. The number of amides is 1. The van der Waals surface area contributed by atoms with E-state index in [1.54, 1.807) is 19.4 Å². The van der Waals surface area contributed by atoms with Gasteiger partial charge in [-0.2, -0.15) is 0 Å². The highest BCUT2D eigenvalue weighted by Crippen LogP contribution is 2.42. The van der Waals surface area contributed by atoms with E-state index in [0.29, 0.717) is 16.7 Å². The summed E-state index contributed by atoms with van der Waals surface area (Å²) in [5.41, 5.74) is 1.79. The first-order valence-electron chi connectivity index (χ1n) is 12.6. The summed E-state index contributed by atoms with van der Waals surface area (Å²) in [6, 6.07) is 17.5. The van der Waals surface area contributed by atoms with Gasteiger partial charge in [-0.3, -0.25) is 14.7 Å². The summed E-state index contributed by atoms with van der Waals surface area (Å²) in [6.45, 7) is 4.36. The van der Waals surface area contributed by atoms with E-state index >= 15 is 0 Å². The average molecular weight is 488 g/mol. The topological polar surface area (TPSA) is 75.1 Å². The van der Waals surface area contributed by atoms with E-state index in [9.17, 15) is 9.90 Å². The molecule has 3 heterocycles. The van der Waals surface area contributed by atoms with Crippen molar-refractivity contribution in [2.45, 2.75) is 32.2 Å². The first kappa shape index (κ1) is 24.1. The molecule has 188 valence electrons. The highest BCUT2D eigenvalue weighted by molar-refractivity contribution is 5.96. The normalized spacial score (nSPS) is 17.6. The smallest absolute Gasteiger partial charge is 0.257 e. The number of piperidine rings is 2. The predicted molar refractivity (Wildman–Crippen MR) is 137 cm³/mol. The number of benzene rings is 2. The van der Waals surface area contributed by atoms with E-state index in [1.807, 2.05) is 41.3 Å². The van der Waals surface area contributed by atoms with Gasteiger partial charge in [0.15, 0.2) is 11.5 Å². The van der Waals surface area contributed by atoms with Crippen LogP contribution in [0, 0.1) is 5.41 Å². The van der Waals surface area contributed by atoms with Gasteiger partial charge in [0.1, 0.15) is 11.5 Å². The first-order chi connectivity index (χ1) is 17.6. The van der Waals surface area contributed by atoms with E-state index in [4.69, 9.17) is 9.47 Å². The number of nitrogens with zero attached hydrogens (tertiary/aromatic N) is 3. The lowest BCUT2D eigenvalue weighted by Crippen LogP contribution is -2.48. The van der Waals surface area contributed by atoms with Gasteiger partial charge >= 0.3 is 0 Å². The maximum absolute atomic E-state index is 12.9. The van der Waals surface area contributed by atoms with Crippen molar-refractivity contribution in [3.05, 3.63) is 78.1 Å². The first-order valence-corrected chi connectivity index (χ1v) is 12.6. The predicted octanol–water partition coefficient (Wildman–Crippen LogP) is 5.11. The van der Waals surface area contributed by atoms with Crippen LogP contribution in [0.25, 0.3) is 0 Å². The van der Waals surface area contributed by atoms with Gasteiger partial charge in [-0.25, -0.2) is 0 Å². The second-order valence-electron chi connectivity index (χ2n) is 9.82. The number of carbonyl (C=O) groups is 1. The third-order valence-electron chi connectivity index (χ3n) is 7.71. The van der Waals surface area contributed by atoms with Gasteiger partial charge < -0.3 is 19.5 Å². The van der Waals surface area contributed by atoms with Gasteiger partial charge in [-0.15, -0.1) is 0 Å². The molecule has 2 saturated heterocycles. The molecule has 1 N–H and O–H groups in total. The molecule has 5 rings (SSSR count). The van der Waals surface area contributed by atoms with Crippen molar-refractivity contribution in [3.8, 4) is 23.0 Å². The third-order valence-corrected chi connectivity index (χ3v) is 7.71. The van der Waals surface area contributed by atoms with Crippen molar-refractivity contribution in [1.29, 1.82) is 0 Å². The van der Waals surface area contributed by atoms with Crippen LogP contribution in [0.1, 0.15) is 41.6 Å². The molecule has 7 nitrogen and oxygen atoms in total. The monoisotopic (exact) mass is 487 g/mol. The molecule has 36 heavy (non-hydrogen) atoms. The molecule has 0 saturated carbocycles. The maximum atomic E-state index is 12.9. The highest BCUT2D eigenvalue weighted by Gasteiger charge is 2.39. The molecule has 1 amide bonds. The fourth-order valence-electron chi connectivity index (χ4n) is 5.40. The Kier molecular flexibility index (Phi) is 7.09. The van der Waals surface area contributed by atoms with Crippen molar-refractivity contribution >= 4 is 5.91 Å². The van der Waals surface area contributed by atoms with E-state index < -0.39 is 0 Å². The fourth-order valence-corrected chi connectivity index (χ4v) is 5.40. The van der Waals surface area contributed by atoms with Crippen LogP contribution < -0.4 is 9.47 Å². The minimum atomic E-state index is -0.103. The summed E-state index contributed by atoms with van der Waals surface area (Å²) >= 11 is 0. The summed E-state index contributed by atoms with van der Waals surface area (Å²) in [6.07, 6.45) is 7.15. The number of methoxy groups -OCH3 is 1. The summed E-state index contributed by atoms with van der Waals surface area (Å²) in [5, 5.41) is 10.0. The summed E-state index contributed by atoms with van der Waals surface area (Å²) in [4.78, 5) is 21.1. The Bertz CT molecular complexity index is 1200. The fraction of sp³-hybridized carbons (Fsp3) is 0.379. The minimum absolute atomic E-state index is 0.0499. The summed E-state index contributed by atoms with van der Waals surface area (Å²) in [7, 11) is 1.65. The molecule has 2 aliphatic heterocycles. The number of hydrogen-bond acceptors (Lipinski definition) is 6. The van der Waals surface area contributed by atoms with Crippen LogP contribution in [-0.2, 0) is 6.54 Å². The molecule has 3 aromatic rings. The van der Waals surface area contributed by atoms with Crippen LogP contribution in [0.2, 0.25) is 0 Å². The second-order valence-corrected chi connectivity index (χ2v) is 9.82. The largest absolute Gasteiger partial charge is 0.505 e. The zero-order chi connectivity index (χ0) is 25.0. The molecule has 2 aliphatic rings. The van der Waals surface area contributed by atoms with Crippen LogP contribution in [0.4, 0.5) is 0 Å². The molecule has 1 aromatic heterocycles. The summed E-state index contributed by atoms with van der Waals surface area (Å²) < 4.78 is 11.7. The van der Waals surface area contributed by atoms with Crippen LogP contribution in [-0.4, -0.2) is 59.1 Å². The number of para-hydroxylation sites is 3. The van der Waals surface area contributed by atoms with Gasteiger partial charge in [0.2, 0.25) is 0 Å². The SMILES string of the molecule is COc1ccccc1Oc1ccccc1CN1CCC2(CC1)CCN(C(=O)c1ccncc1O)CC2.